The Morgan fingerprint density at radius 1 is 1.69 bits per heavy atom. The molecule has 0 atom stereocenters. The number of carbonyl (C=O) groups is 1. The van der Waals surface area contributed by atoms with Gasteiger partial charge in [-0.05, 0) is 26.2 Å². The zero-order valence-corrected chi connectivity index (χ0v) is 11.4. The predicted octanol–water partition coefficient (Wildman–Crippen LogP) is 2.72. The molecule has 0 aromatic carbocycles. The molecule has 1 saturated carbocycles. The molecule has 1 heterocycles. The third-order valence-electron chi connectivity index (χ3n) is 2.94. The maximum atomic E-state index is 11.7. The fraction of sp³-hybridized carbons (Fsp3) is 0.636. The predicted molar refractivity (Wildman–Crippen MR) is 68.8 cm³/mol. The van der Waals surface area contributed by atoms with Gasteiger partial charge in [0.05, 0.1) is 24.5 Å². The SMILES string of the molecule is CCOC(=O)c1cnn(C2CCC2)c1CI. The number of hydrogen-bond acceptors (Lipinski definition) is 3. The molecule has 1 aromatic rings. The summed E-state index contributed by atoms with van der Waals surface area (Å²) in [6, 6.07) is 0.493. The molecule has 2 rings (SSSR count). The van der Waals surface area contributed by atoms with E-state index in [0.29, 0.717) is 18.2 Å². The Bertz CT molecular complexity index is 385. The minimum Gasteiger partial charge on any atom is -0.462 e. The Morgan fingerprint density at radius 3 is 2.94 bits per heavy atom. The molecule has 0 aliphatic heterocycles. The monoisotopic (exact) mass is 334 g/mol. The molecule has 0 spiro atoms. The Morgan fingerprint density at radius 2 is 2.44 bits per heavy atom. The summed E-state index contributed by atoms with van der Waals surface area (Å²) in [4.78, 5) is 11.7. The minimum atomic E-state index is -0.250. The average Bonchev–Trinajstić information content (AvgIpc) is 2.59. The van der Waals surface area contributed by atoms with Crippen molar-refractivity contribution in [3.8, 4) is 0 Å². The molecular formula is C11H15IN2O2. The highest BCUT2D eigenvalue weighted by molar-refractivity contribution is 14.1. The van der Waals surface area contributed by atoms with Gasteiger partial charge in [0.15, 0.2) is 0 Å². The van der Waals surface area contributed by atoms with Crippen molar-refractivity contribution in [2.24, 2.45) is 0 Å². The Kier molecular flexibility index (Phi) is 3.83. The summed E-state index contributed by atoms with van der Waals surface area (Å²) >= 11 is 2.27. The maximum absolute atomic E-state index is 11.7. The van der Waals surface area contributed by atoms with E-state index in [1.54, 1.807) is 6.20 Å². The highest BCUT2D eigenvalue weighted by Crippen LogP contribution is 2.33. The number of alkyl halides is 1. The van der Waals surface area contributed by atoms with E-state index >= 15 is 0 Å². The van der Waals surface area contributed by atoms with Crippen LogP contribution in [0.15, 0.2) is 6.20 Å². The summed E-state index contributed by atoms with van der Waals surface area (Å²) in [7, 11) is 0. The van der Waals surface area contributed by atoms with E-state index in [0.717, 1.165) is 10.1 Å². The van der Waals surface area contributed by atoms with Gasteiger partial charge in [0.1, 0.15) is 5.56 Å². The largest absolute Gasteiger partial charge is 0.462 e. The Hall–Kier alpha value is -0.590. The van der Waals surface area contributed by atoms with Crippen molar-refractivity contribution in [1.82, 2.24) is 9.78 Å². The van der Waals surface area contributed by atoms with Crippen molar-refractivity contribution in [1.29, 1.82) is 0 Å². The highest BCUT2D eigenvalue weighted by Gasteiger charge is 2.26. The van der Waals surface area contributed by atoms with Crippen LogP contribution in [-0.2, 0) is 9.16 Å². The summed E-state index contributed by atoms with van der Waals surface area (Å²) in [5.41, 5.74) is 1.63. The van der Waals surface area contributed by atoms with Crippen LogP contribution in [0.4, 0.5) is 0 Å². The van der Waals surface area contributed by atoms with E-state index in [4.69, 9.17) is 4.74 Å². The van der Waals surface area contributed by atoms with Gasteiger partial charge in [0.25, 0.3) is 0 Å². The number of esters is 1. The lowest BCUT2D eigenvalue weighted by Crippen LogP contribution is -2.20. The minimum absolute atomic E-state index is 0.250. The summed E-state index contributed by atoms with van der Waals surface area (Å²) in [5, 5.41) is 4.32. The molecule has 0 radical (unpaired) electrons. The zero-order chi connectivity index (χ0) is 11.5. The molecule has 1 fully saturated rings. The molecule has 0 saturated heterocycles. The van der Waals surface area contributed by atoms with Crippen molar-refractivity contribution >= 4 is 28.6 Å². The van der Waals surface area contributed by atoms with E-state index in [2.05, 4.69) is 27.7 Å². The van der Waals surface area contributed by atoms with Crippen LogP contribution < -0.4 is 0 Å². The van der Waals surface area contributed by atoms with Gasteiger partial charge < -0.3 is 4.74 Å². The van der Waals surface area contributed by atoms with Crippen molar-refractivity contribution in [3.05, 3.63) is 17.5 Å². The molecule has 4 nitrogen and oxygen atoms in total. The summed E-state index contributed by atoms with van der Waals surface area (Å²) < 4.78 is 7.82. The molecular weight excluding hydrogens is 319 g/mol. The fourth-order valence-corrected chi connectivity index (χ4v) is 2.61. The van der Waals surface area contributed by atoms with Crippen LogP contribution >= 0.6 is 22.6 Å². The van der Waals surface area contributed by atoms with Gasteiger partial charge in [0.2, 0.25) is 0 Å². The quantitative estimate of drug-likeness (QED) is 0.483. The van der Waals surface area contributed by atoms with Gasteiger partial charge in [-0.1, -0.05) is 22.6 Å². The van der Waals surface area contributed by atoms with Gasteiger partial charge in [-0.2, -0.15) is 5.10 Å². The first-order valence-electron chi connectivity index (χ1n) is 5.57. The zero-order valence-electron chi connectivity index (χ0n) is 9.28. The average molecular weight is 334 g/mol. The molecule has 0 N–H and O–H groups in total. The van der Waals surface area contributed by atoms with Gasteiger partial charge in [0, 0.05) is 4.43 Å². The fourth-order valence-electron chi connectivity index (χ4n) is 1.85. The van der Waals surface area contributed by atoms with Crippen LogP contribution in [-0.4, -0.2) is 22.4 Å². The topological polar surface area (TPSA) is 44.1 Å². The molecule has 16 heavy (non-hydrogen) atoms. The van der Waals surface area contributed by atoms with Crippen LogP contribution in [0.2, 0.25) is 0 Å². The van der Waals surface area contributed by atoms with Gasteiger partial charge in [-0.15, -0.1) is 0 Å². The van der Waals surface area contributed by atoms with Gasteiger partial charge in [-0.25, -0.2) is 4.79 Å². The standard InChI is InChI=1S/C11H15IN2O2/c1-2-16-11(15)9-7-13-14(10(9)6-12)8-4-3-5-8/h7-8H,2-6H2,1H3. The Labute approximate surface area is 108 Å². The summed E-state index contributed by atoms with van der Waals surface area (Å²) in [5.74, 6) is -0.250. The molecule has 0 amide bonds. The van der Waals surface area contributed by atoms with Gasteiger partial charge >= 0.3 is 5.97 Å². The lowest BCUT2D eigenvalue weighted by molar-refractivity contribution is 0.0525. The Balaban J connectivity index is 2.24. The highest BCUT2D eigenvalue weighted by atomic mass is 127. The lowest BCUT2D eigenvalue weighted by Gasteiger charge is -2.27. The number of rotatable bonds is 4. The number of nitrogens with zero attached hydrogens (tertiary/aromatic N) is 2. The first-order valence-corrected chi connectivity index (χ1v) is 7.10. The second-order valence-corrected chi connectivity index (χ2v) is 4.65. The summed E-state index contributed by atoms with van der Waals surface area (Å²) in [6.07, 6.45) is 5.26. The van der Waals surface area contributed by atoms with E-state index in [9.17, 15) is 4.79 Å². The van der Waals surface area contributed by atoms with Gasteiger partial charge in [-0.3, -0.25) is 4.68 Å². The second-order valence-electron chi connectivity index (χ2n) is 3.89. The normalized spacial score (nSPS) is 15.9. The molecule has 88 valence electrons. The van der Waals surface area contributed by atoms with Crippen molar-refractivity contribution in [2.45, 2.75) is 36.7 Å². The molecule has 1 aliphatic carbocycles. The summed E-state index contributed by atoms with van der Waals surface area (Å²) in [6.45, 7) is 2.23. The van der Waals surface area contributed by atoms with E-state index < -0.39 is 0 Å². The van der Waals surface area contributed by atoms with Crippen LogP contribution in [0.5, 0.6) is 0 Å². The van der Waals surface area contributed by atoms with E-state index in [-0.39, 0.29) is 5.97 Å². The van der Waals surface area contributed by atoms with Crippen LogP contribution in [0, 0.1) is 0 Å². The van der Waals surface area contributed by atoms with E-state index in [1.807, 2.05) is 11.6 Å². The number of ether oxygens (including phenoxy) is 1. The molecule has 0 unspecified atom stereocenters. The van der Waals surface area contributed by atoms with Crippen LogP contribution in [0.1, 0.15) is 48.3 Å². The van der Waals surface area contributed by atoms with E-state index in [1.165, 1.54) is 19.3 Å². The smallest absolute Gasteiger partial charge is 0.341 e. The molecule has 1 aliphatic rings. The van der Waals surface area contributed by atoms with Crippen molar-refractivity contribution in [2.75, 3.05) is 6.61 Å². The number of aromatic nitrogens is 2. The second kappa shape index (κ2) is 5.16. The molecule has 5 heteroatoms. The van der Waals surface area contributed by atoms with Crippen LogP contribution in [0.25, 0.3) is 0 Å². The van der Waals surface area contributed by atoms with Crippen LogP contribution in [0.3, 0.4) is 0 Å². The van der Waals surface area contributed by atoms with Crippen molar-refractivity contribution < 1.29 is 9.53 Å². The number of hydrogen-bond donors (Lipinski definition) is 0. The number of carbonyl (C=O) groups excluding carboxylic acids is 1. The first-order chi connectivity index (χ1) is 7.77. The molecule has 1 aromatic heterocycles. The van der Waals surface area contributed by atoms with Crippen molar-refractivity contribution in [3.63, 3.8) is 0 Å². The third kappa shape index (κ3) is 2.09. The lowest BCUT2D eigenvalue weighted by atomic mass is 9.93. The maximum Gasteiger partial charge on any atom is 0.341 e. The first kappa shape index (κ1) is 11.9. The third-order valence-corrected chi connectivity index (χ3v) is 3.66. The number of halogens is 1. The molecule has 0 bridgehead atoms.